The molecule has 0 spiro atoms. The van der Waals surface area contributed by atoms with Crippen LogP contribution in [0.2, 0.25) is 0 Å². The van der Waals surface area contributed by atoms with E-state index >= 15 is 0 Å². The van der Waals surface area contributed by atoms with E-state index in [1.54, 1.807) is 0 Å². The van der Waals surface area contributed by atoms with Crippen molar-refractivity contribution in [1.82, 2.24) is 20.4 Å². The van der Waals surface area contributed by atoms with Gasteiger partial charge in [0.25, 0.3) is 0 Å². The molecule has 0 unspecified atom stereocenters. The maximum atomic E-state index is 5.92. The van der Waals surface area contributed by atoms with Crippen LogP contribution in [0.1, 0.15) is 42.7 Å². The molecule has 2 aliphatic heterocycles. The lowest BCUT2D eigenvalue weighted by Crippen LogP contribution is -2.43. The summed E-state index contributed by atoms with van der Waals surface area (Å²) in [7, 11) is 0. The van der Waals surface area contributed by atoms with E-state index in [4.69, 9.17) is 4.74 Å². The molecule has 0 bridgehead atoms. The van der Waals surface area contributed by atoms with Crippen molar-refractivity contribution in [3.63, 3.8) is 0 Å². The topological polar surface area (TPSA) is 53.5 Å². The van der Waals surface area contributed by atoms with E-state index in [0.717, 1.165) is 45.1 Å². The molecular weight excluding hydrogens is 374 g/mol. The highest BCUT2D eigenvalue weighted by molar-refractivity contribution is 5.38. The van der Waals surface area contributed by atoms with Crippen LogP contribution in [0.3, 0.4) is 0 Å². The molecule has 1 aliphatic carbocycles. The fourth-order valence-corrected chi connectivity index (χ4v) is 4.89. The van der Waals surface area contributed by atoms with E-state index in [-0.39, 0.29) is 0 Å². The zero-order chi connectivity index (χ0) is 20.2. The summed E-state index contributed by atoms with van der Waals surface area (Å²) in [5, 5.41) is 12.0. The summed E-state index contributed by atoms with van der Waals surface area (Å²) in [5.74, 6) is 2.89. The summed E-state index contributed by atoms with van der Waals surface area (Å²) in [5.41, 5.74) is 2.93. The molecule has 2 saturated heterocycles. The van der Waals surface area contributed by atoms with E-state index < -0.39 is 0 Å². The highest BCUT2D eigenvalue weighted by Crippen LogP contribution is 2.41. The van der Waals surface area contributed by atoms with Crippen LogP contribution in [0.15, 0.2) is 36.4 Å². The summed E-state index contributed by atoms with van der Waals surface area (Å²) in [6.07, 6.45) is 5.13. The molecule has 2 aromatic rings. The van der Waals surface area contributed by atoms with E-state index in [2.05, 4.69) is 49.6 Å². The van der Waals surface area contributed by atoms with Gasteiger partial charge < -0.3 is 15.0 Å². The van der Waals surface area contributed by atoms with Crippen LogP contribution in [-0.2, 0) is 6.54 Å². The van der Waals surface area contributed by atoms with E-state index in [1.165, 1.54) is 49.9 Å². The van der Waals surface area contributed by atoms with Crippen molar-refractivity contribution >= 4 is 5.82 Å². The first-order valence-electron chi connectivity index (χ1n) is 11.6. The minimum atomic E-state index is 0.619. The fraction of sp³-hybridized carbons (Fsp3) is 0.583. The van der Waals surface area contributed by atoms with Crippen molar-refractivity contribution < 1.29 is 4.74 Å². The number of ether oxygens (including phenoxy) is 1. The lowest BCUT2D eigenvalue weighted by atomic mass is 9.72. The number of nitrogens with zero attached hydrogens (tertiary/aromatic N) is 4. The van der Waals surface area contributed by atoms with Gasteiger partial charge in [0, 0.05) is 38.8 Å². The first-order chi connectivity index (χ1) is 14.8. The second-order valence-electron chi connectivity index (χ2n) is 9.04. The number of hydrogen-bond acceptors (Lipinski definition) is 6. The third kappa shape index (κ3) is 4.76. The predicted molar refractivity (Wildman–Crippen MR) is 119 cm³/mol. The van der Waals surface area contributed by atoms with Gasteiger partial charge in [0.05, 0.1) is 6.61 Å². The molecule has 0 atom stereocenters. The average Bonchev–Trinajstić information content (AvgIpc) is 3.28. The third-order valence-electron chi connectivity index (χ3n) is 6.83. The molecule has 3 aliphatic rings. The van der Waals surface area contributed by atoms with Crippen LogP contribution in [0.25, 0.3) is 0 Å². The molecule has 1 aromatic heterocycles. The lowest BCUT2D eigenvalue weighted by Gasteiger charge is -2.35. The number of nitrogens with one attached hydrogen (secondary N) is 1. The molecular formula is C24H33N5O. The molecule has 1 N–H and O–H groups in total. The Labute approximate surface area is 179 Å². The number of likely N-dealkylation sites (tertiary alicyclic amines) is 1. The normalized spacial score (nSPS) is 24.6. The first kappa shape index (κ1) is 19.8. The van der Waals surface area contributed by atoms with Crippen LogP contribution < -0.4 is 15.0 Å². The van der Waals surface area contributed by atoms with Crippen LogP contribution in [0, 0.1) is 5.92 Å². The highest BCUT2D eigenvalue weighted by Gasteiger charge is 2.31. The molecule has 160 valence electrons. The van der Waals surface area contributed by atoms with Gasteiger partial charge in [-0.15, -0.1) is 10.2 Å². The van der Waals surface area contributed by atoms with Gasteiger partial charge in [-0.05, 0) is 67.8 Å². The van der Waals surface area contributed by atoms with Crippen molar-refractivity contribution in [3.8, 4) is 5.88 Å². The second-order valence-corrected chi connectivity index (χ2v) is 9.04. The van der Waals surface area contributed by atoms with Crippen LogP contribution in [0.4, 0.5) is 5.82 Å². The van der Waals surface area contributed by atoms with Gasteiger partial charge in [0.2, 0.25) is 5.88 Å². The number of piperazine rings is 1. The number of hydrogen-bond donors (Lipinski definition) is 1. The van der Waals surface area contributed by atoms with Crippen molar-refractivity contribution in [3.05, 3.63) is 47.5 Å². The first-order valence-corrected chi connectivity index (χ1v) is 11.6. The number of anilines is 1. The molecule has 1 aromatic carbocycles. The second kappa shape index (κ2) is 9.31. The van der Waals surface area contributed by atoms with Gasteiger partial charge in [0.1, 0.15) is 0 Å². The van der Waals surface area contributed by atoms with E-state index in [0.29, 0.717) is 17.7 Å². The Bertz CT molecular complexity index is 791. The average molecular weight is 408 g/mol. The molecule has 0 amide bonds. The Balaban J connectivity index is 1.05. The summed E-state index contributed by atoms with van der Waals surface area (Å²) < 4.78 is 5.92. The van der Waals surface area contributed by atoms with Gasteiger partial charge in [-0.1, -0.05) is 24.3 Å². The zero-order valence-corrected chi connectivity index (χ0v) is 17.8. The molecule has 6 nitrogen and oxygen atoms in total. The maximum Gasteiger partial charge on any atom is 0.233 e. The number of benzene rings is 1. The zero-order valence-electron chi connectivity index (χ0n) is 17.8. The Hall–Kier alpha value is -2.18. The predicted octanol–water partition coefficient (Wildman–Crippen LogP) is 3.05. The third-order valence-corrected chi connectivity index (χ3v) is 6.83. The van der Waals surface area contributed by atoms with E-state index in [1.807, 2.05) is 12.1 Å². The minimum absolute atomic E-state index is 0.619. The van der Waals surface area contributed by atoms with E-state index in [9.17, 15) is 0 Å². The van der Waals surface area contributed by atoms with Crippen molar-refractivity contribution in [2.24, 2.45) is 5.92 Å². The van der Waals surface area contributed by atoms with Crippen LogP contribution in [0.5, 0.6) is 5.88 Å². The molecule has 3 heterocycles. The van der Waals surface area contributed by atoms with Gasteiger partial charge in [0.15, 0.2) is 5.82 Å². The smallest absolute Gasteiger partial charge is 0.233 e. The van der Waals surface area contributed by atoms with Crippen LogP contribution >= 0.6 is 0 Å². The van der Waals surface area contributed by atoms with Crippen molar-refractivity contribution in [2.75, 3.05) is 50.8 Å². The Morgan fingerprint density at radius 1 is 0.900 bits per heavy atom. The molecule has 1 saturated carbocycles. The van der Waals surface area contributed by atoms with Gasteiger partial charge in [-0.2, -0.15) is 0 Å². The molecule has 3 fully saturated rings. The van der Waals surface area contributed by atoms with Crippen LogP contribution in [-0.4, -0.2) is 61.0 Å². The monoisotopic (exact) mass is 407 g/mol. The standard InChI is InChI=1S/C24H33N5O/c1-2-12-28(11-1)17-19-3-5-21(6-4-19)22-15-20(16-22)18-30-24-8-7-23(26-27-24)29-13-9-25-10-14-29/h3-8,20,22,25H,1-2,9-18H2/t20-,22+. The minimum Gasteiger partial charge on any atom is -0.476 e. The van der Waals surface area contributed by atoms with Gasteiger partial charge >= 0.3 is 0 Å². The summed E-state index contributed by atoms with van der Waals surface area (Å²) in [6, 6.07) is 13.3. The summed E-state index contributed by atoms with van der Waals surface area (Å²) >= 11 is 0. The lowest BCUT2D eigenvalue weighted by molar-refractivity contribution is 0.153. The maximum absolute atomic E-state index is 5.92. The molecule has 30 heavy (non-hydrogen) atoms. The van der Waals surface area contributed by atoms with Gasteiger partial charge in [-0.3, -0.25) is 4.90 Å². The SMILES string of the molecule is c1cc([C@H]2C[C@@H](COc3ccc(N4CCNCC4)nn3)C2)ccc1CN1CCCC1. The number of rotatable bonds is 7. The fourth-order valence-electron chi connectivity index (χ4n) is 4.89. The Morgan fingerprint density at radius 3 is 2.37 bits per heavy atom. The largest absolute Gasteiger partial charge is 0.476 e. The van der Waals surface area contributed by atoms with Gasteiger partial charge in [-0.25, -0.2) is 0 Å². The highest BCUT2D eigenvalue weighted by atomic mass is 16.5. The van der Waals surface area contributed by atoms with Crippen molar-refractivity contribution in [1.29, 1.82) is 0 Å². The quantitative estimate of drug-likeness (QED) is 0.761. The molecule has 0 radical (unpaired) electrons. The van der Waals surface area contributed by atoms with Crippen molar-refractivity contribution in [2.45, 2.75) is 38.1 Å². The summed E-state index contributed by atoms with van der Waals surface area (Å²) in [4.78, 5) is 4.82. The number of aromatic nitrogens is 2. The Morgan fingerprint density at radius 2 is 1.67 bits per heavy atom. The Kier molecular flexibility index (Phi) is 6.13. The molecule has 6 heteroatoms. The molecule has 5 rings (SSSR count). The summed E-state index contributed by atoms with van der Waals surface area (Å²) in [6.45, 7) is 8.34.